The zero-order chi connectivity index (χ0) is 11.2. The van der Waals surface area contributed by atoms with Crippen LogP contribution in [0.3, 0.4) is 0 Å². The summed E-state index contributed by atoms with van der Waals surface area (Å²) < 4.78 is 5.62. The topological polar surface area (TPSA) is 41.8 Å². The normalized spacial score (nSPS) is 10.5. The van der Waals surface area contributed by atoms with Crippen molar-refractivity contribution in [2.24, 2.45) is 5.16 Å². The summed E-state index contributed by atoms with van der Waals surface area (Å²) in [6.45, 7) is 0. The van der Waals surface area contributed by atoms with Crippen molar-refractivity contribution in [3.63, 3.8) is 0 Å². The molecule has 0 unspecified atom stereocenters. The summed E-state index contributed by atoms with van der Waals surface area (Å²) in [6.07, 6.45) is 1.36. The fourth-order valence-corrected chi connectivity index (χ4v) is 1.35. The molecule has 2 aromatic rings. The lowest BCUT2D eigenvalue weighted by Crippen LogP contribution is -1.86. The van der Waals surface area contributed by atoms with Crippen molar-refractivity contribution in [2.45, 2.75) is 0 Å². The molecule has 0 amide bonds. The molecule has 2 aromatic carbocycles. The first-order valence-corrected chi connectivity index (χ1v) is 4.89. The van der Waals surface area contributed by atoms with Crippen LogP contribution in [0.1, 0.15) is 5.56 Å². The van der Waals surface area contributed by atoms with E-state index in [1.54, 1.807) is 6.07 Å². The lowest BCUT2D eigenvalue weighted by Gasteiger charge is -2.05. The zero-order valence-electron chi connectivity index (χ0n) is 8.58. The van der Waals surface area contributed by atoms with Gasteiger partial charge < -0.3 is 9.94 Å². The van der Waals surface area contributed by atoms with Crippen LogP contribution in [0.5, 0.6) is 11.5 Å². The number of benzene rings is 2. The van der Waals surface area contributed by atoms with E-state index in [-0.39, 0.29) is 0 Å². The Bertz CT molecular complexity index is 480. The monoisotopic (exact) mass is 213 g/mol. The quantitative estimate of drug-likeness (QED) is 0.483. The maximum Gasteiger partial charge on any atom is 0.128 e. The molecule has 0 fully saturated rings. The highest BCUT2D eigenvalue weighted by Gasteiger charge is 1.96. The molecule has 0 aliphatic heterocycles. The molecular weight excluding hydrogens is 202 g/mol. The summed E-state index contributed by atoms with van der Waals surface area (Å²) in [5.41, 5.74) is 0.788. The van der Waals surface area contributed by atoms with Gasteiger partial charge in [0.15, 0.2) is 0 Å². The van der Waals surface area contributed by atoms with Crippen LogP contribution in [0.4, 0.5) is 0 Å². The van der Waals surface area contributed by atoms with Crippen LogP contribution in [-0.4, -0.2) is 11.4 Å². The molecule has 0 bridgehead atoms. The van der Waals surface area contributed by atoms with E-state index in [1.807, 2.05) is 48.5 Å². The minimum Gasteiger partial charge on any atom is -0.457 e. The van der Waals surface area contributed by atoms with E-state index < -0.39 is 0 Å². The minimum atomic E-state index is 0.712. The maximum absolute atomic E-state index is 8.43. The first-order valence-electron chi connectivity index (χ1n) is 4.89. The molecule has 0 atom stereocenters. The van der Waals surface area contributed by atoms with Gasteiger partial charge >= 0.3 is 0 Å². The molecule has 80 valence electrons. The first-order chi connectivity index (χ1) is 7.88. The van der Waals surface area contributed by atoms with Gasteiger partial charge in [-0.3, -0.25) is 0 Å². The molecule has 0 aliphatic rings. The highest BCUT2D eigenvalue weighted by molar-refractivity contribution is 5.79. The van der Waals surface area contributed by atoms with Gasteiger partial charge in [0.2, 0.25) is 0 Å². The van der Waals surface area contributed by atoms with Crippen molar-refractivity contribution in [1.82, 2.24) is 0 Å². The van der Waals surface area contributed by atoms with Crippen LogP contribution in [0.2, 0.25) is 0 Å². The second-order valence-corrected chi connectivity index (χ2v) is 3.23. The molecule has 3 heteroatoms. The zero-order valence-corrected chi connectivity index (χ0v) is 8.58. The van der Waals surface area contributed by atoms with Gasteiger partial charge in [0.25, 0.3) is 0 Å². The number of para-hydroxylation sites is 1. The molecule has 0 radical (unpaired) electrons. The van der Waals surface area contributed by atoms with E-state index in [4.69, 9.17) is 9.94 Å². The molecule has 0 aromatic heterocycles. The third-order valence-electron chi connectivity index (χ3n) is 2.04. The molecule has 2 rings (SSSR count). The number of nitrogens with zero attached hydrogens (tertiary/aromatic N) is 1. The summed E-state index contributed by atoms with van der Waals surface area (Å²) in [6, 6.07) is 16.8. The molecule has 16 heavy (non-hydrogen) atoms. The number of rotatable bonds is 3. The van der Waals surface area contributed by atoms with Gasteiger partial charge in [-0.1, -0.05) is 35.5 Å². The van der Waals surface area contributed by atoms with Gasteiger partial charge in [-0.25, -0.2) is 0 Å². The molecule has 0 saturated heterocycles. The number of hydrogen-bond donors (Lipinski definition) is 1. The molecule has 0 heterocycles. The van der Waals surface area contributed by atoms with Crippen molar-refractivity contribution in [3.8, 4) is 11.5 Å². The molecule has 0 aliphatic carbocycles. The molecule has 0 spiro atoms. The fourth-order valence-electron chi connectivity index (χ4n) is 1.35. The van der Waals surface area contributed by atoms with Crippen molar-refractivity contribution in [2.75, 3.05) is 0 Å². The number of oxime groups is 1. The lowest BCUT2D eigenvalue weighted by atomic mass is 10.2. The Morgan fingerprint density at radius 1 is 0.938 bits per heavy atom. The Kier molecular flexibility index (Phi) is 3.18. The van der Waals surface area contributed by atoms with E-state index in [1.165, 1.54) is 6.21 Å². The summed E-state index contributed by atoms with van der Waals surface area (Å²) in [5, 5.41) is 11.4. The maximum atomic E-state index is 8.43. The molecule has 1 N–H and O–H groups in total. The Hall–Kier alpha value is -2.29. The largest absolute Gasteiger partial charge is 0.457 e. The summed E-state index contributed by atoms with van der Waals surface area (Å²) in [5.74, 6) is 1.49. The first kappa shape index (κ1) is 10.2. The van der Waals surface area contributed by atoms with Crippen LogP contribution in [0, 0.1) is 0 Å². The van der Waals surface area contributed by atoms with Crippen molar-refractivity contribution in [3.05, 3.63) is 60.2 Å². The van der Waals surface area contributed by atoms with Gasteiger partial charge in [0.1, 0.15) is 11.5 Å². The van der Waals surface area contributed by atoms with E-state index in [2.05, 4.69) is 5.16 Å². The van der Waals surface area contributed by atoms with Crippen LogP contribution in [0.15, 0.2) is 59.8 Å². The Morgan fingerprint density at radius 2 is 1.69 bits per heavy atom. The van der Waals surface area contributed by atoms with Crippen molar-refractivity contribution >= 4 is 6.21 Å². The Morgan fingerprint density at radius 3 is 2.44 bits per heavy atom. The smallest absolute Gasteiger partial charge is 0.128 e. The fraction of sp³-hybridized carbons (Fsp3) is 0. The Labute approximate surface area is 93.6 Å². The molecule has 0 saturated carbocycles. The highest BCUT2D eigenvalue weighted by Crippen LogP contribution is 2.21. The van der Waals surface area contributed by atoms with Gasteiger partial charge in [-0.2, -0.15) is 0 Å². The van der Waals surface area contributed by atoms with Gasteiger partial charge in [-0.15, -0.1) is 0 Å². The van der Waals surface area contributed by atoms with E-state index in [0.717, 1.165) is 11.3 Å². The predicted molar refractivity (Wildman–Crippen MR) is 62.3 cm³/mol. The number of ether oxygens (including phenoxy) is 1. The second kappa shape index (κ2) is 4.98. The highest BCUT2D eigenvalue weighted by atomic mass is 16.5. The third kappa shape index (κ3) is 2.60. The predicted octanol–water partition coefficient (Wildman–Crippen LogP) is 3.29. The summed E-state index contributed by atoms with van der Waals surface area (Å²) in [4.78, 5) is 0. The van der Waals surface area contributed by atoms with Crippen LogP contribution >= 0.6 is 0 Å². The lowest BCUT2D eigenvalue weighted by molar-refractivity contribution is 0.322. The van der Waals surface area contributed by atoms with Crippen LogP contribution < -0.4 is 4.74 Å². The second-order valence-electron chi connectivity index (χ2n) is 3.23. The molecule has 3 nitrogen and oxygen atoms in total. The van der Waals surface area contributed by atoms with Crippen molar-refractivity contribution < 1.29 is 9.94 Å². The summed E-state index contributed by atoms with van der Waals surface area (Å²) in [7, 11) is 0. The Balaban J connectivity index is 2.19. The van der Waals surface area contributed by atoms with E-state index >= 15 is 0 Å². The standard InChI is InChI=1S/C13H11NO2/c15-14-10-11-5-4-8-13(9-11)16-12-6-2-1-3-7-12/h1-10,15H/b14-10+. The van der Waals surface area contributed by atoms with Crippen molar-refractivity contribution in [1.29, 1.82) is 0 Å². The third-order valence-corrected chi connectivity index (χ3v) is 2.04. The van der Waals surface area contributed by atoms with E-state index in [0.29, 0.717) is 5.75 Å². The average molecular weight is 213 g/mol. The average Bonchev–Trinajstić information content (AvgIpc) is 2.31. The number of hydrogen-bond acceptors (Lipinski definition) is 3. The van der Waals surface area contributed by atoms with Crippen LogP contribution in [-0.2, 0) is 0 Å². The van der Waals surface area contributed by atoms with E-state index in [9.17, 15) is 0 Å². The van der Waals surface area contributed by atoms with Gasteiger partial charge in [-0.05, 0) is 29.8 Å². The van der Waals surface area contributed by atoms with Gasteiger partial charge in [0, 0.05) is 0 Å². The van der Waals surface area contributed by atoms with Crippen LogP contribution in [0.25, 0.3) is 0 Å². The summed E-state index contributed by atoms with van der Waals surface area (Å²) >= 11 is 0. The molecular formula is C13H11NO2. The minimum absolute atomic E-state index is 0.712. The van der Waals surface area contributed by atoms with Gasteiger partial charge in [0.05, 0.1) is 6.21 Å². The SMILES string of the molecule is O/N=C/c1cccc(Oc2ccccc2)c1.